The Hall–Kier alpha value is -1.42. The van der Waals surface area contributed by atoms with Gasteiger partial charge in [-0.15, -0.1) is 0 Å². The van der Waals surface area contributed by atoms with E-state index >= 15 is 0 Å². The lowest BCUT2D eigenvalue weighted by molar-refractivity contribution is -0.131. The third-order valence-corrected chi connectivity index (χ3v) is 2.13. The number of ether oxygens (including phenoxy) is 1. The Morgan fingerprint density at radius 3 is 2.71 bits per heavy atom. The van der Waals surface area contributed by atoms with Crippen LogP contribution in [0.15, 0.2) is 24.3 Å². The highest BCUT2D eigenvalue weighted by molar-refractivity contribution is 5.78. The Balaban J connectivity index is 2.14. The van der Waals surface area contributed by atoms with Crippen molar-refractivity contribution < 1.29 is 13.9 Å². The maximum atomic E-state index is 12.6. The molecule has 0 unspecified atom stereocenters. The summed E-state index contributed by atoms with van der Waals surface area (Å²) in [6.45, 7) is 0.551. The molecule has 0 saturated carbocycles. The van der Waals surface area contributed by atoms with Gasteiger partial charge in [-0.05, 0) is 17.7 Å². The normalized spacial score (nSPS) is 21.8. The van der Waals surface area contributed by atoms with Gasteiger partial charge in [0.2, 0.25) is 5.91 Å². The topological polar surface area (TPSA) is 38.3 Å². The smallest absolute Gasteiger partial charge is 0.246 e. The molecule has 1 fully saturated rings. The van der Waals surface area contributed by atoms with E-state index in [1.165, 1.54) is 12.1 Å². The van der Waals surface area contributed by atoms with Gasteiger partial charge >= 0.3 is 0 Å². The molecule has 4 heteroatoms. The summed E-state index contributed by atoms with van der Waals surface area (Å²) in [7, 11) is 0. The highest BCUT2D eigenvalue weighted by Crippen LogP contribution is 2.16. The van der Waals surface area contributed by atoms with Crippen molar-refractivity contribution in [2.45, 2.75) is 6.04 Å². The number of hydrogen-bond acceptors (Lipinski definition) is 2. The Labute approximate surface area is 80.9 Å². The average molecular weight is 195 g/mol. The van der Waals surface area contributed by atoms with Crippen molar-refractivity contribution >= 4 is 5.91 Å². The number of carbonyl (C=O) groups excluding carboxylic acids is 1. The van der Waals surface area contributed by atoms with Crippen LogP contribution in [-0.4, -0.2) is 19.1 Å². The summed E-state index contributed by atoms with van der Waals surface area (Å²) in [4.78, 5) is 11.0. The van der Waals surface area contributed by atoms with Crippen molar-refractivity contribution in [3.05, 3.63) is 35.6 Å². The summed E-state index contributed by atoms with van der Waals surface area (Å²) in [5.41, 5.74) is 0.861. The van der Waals surface area contributed by atoms with E-state index in [1.54, 1.807) is 12.1 Å². The zero-order valence-corrected chi connectivity index (χ0v) is 7.50. The highest BCUT2D eigenvalue weighted by Gasteiger charge is 2.19. The molecule has 74 valence electrons. The second-order valence-electron chi connectivity index (χ2n) is 3.19. The van der Waals surface area contributed by atoms with Crippen molar-refractivity contribution in [1.29, 1.82) is 0 Å². The van der Waals surface area contributed by atoms with Gasteiger partial charge in [0.1, 0.15) is 12.4 Å². The minimum atomic E-state index is -0.281. The molecule has 1 aliphatic heterocycles. The summed E-state index contributed by atoms with van der Waals surface area (Å²) in [5, 5.41) is 2.77. The first-order valence-corrected chi connectivity index (χ1v) is 4.38. The number of rotatable bonds is 1. The molecule has 1 amide bonds. The summed E-state index contributed by atoms with van der Waals surface area (Å²) in [5.74, 6) is -0.414. The van der Waals surface area contributed by atoms with Gasteiger partial charge in [-0.2, -0.15) is 0 Å². The molecule has 0 aliphatic carbocycles. The van der Waals surface area contributed by atoms with Gasteiger partial charge in [0.15, 0.2) is 0 Å². The second kappa shape index (κ2) is 3.75. The van der Waals surface area contributed by atoms with Crippen LogP contribution in [0.4, 0.5) is 4.39 Å². The number of benzene rings is 1. The predicted molar refractivity (Wildman–Crippen MR) is 48.1 cm³/mol. The van der Waals surface area contributed by atoms with Crippen LogP contribution in [0.5, 0.6) is 0 Å². The molecule has 0 radical (unpaired) electrons. The second-order valence-corrected chi connectivity index (χ2v) is 3.19. The fraction of sp³-hybridized carbons (Fsp3) is 0.300. The molecule has 0 aromatic heterocycles. The number of amides is 1. The largest absolute Gasteiger partial charge is 0.369 e. The van der Waals surface area contributed by atoms with Gasteiger partial charge in [-0.1, -0.05) is 12.1 Å². The van der Waals surface area contributed by atoms with Gasteiger partial charge in [0.25, 0.3) is 0 Å². The minimum absolute atomic E-state index is 0.109. The number of carbonyl (C=O) groups is 1. The molecule has 0 bridgehead atoms. The summed E-state index contributed by atoms with van der Waals surface area (Å²) in [6, 6.07) is 5.88. The maximum Gasteiger partial charge on any atom is 0.246 e. The zero-order valence-electron chi connectivity index (χ0n) is 7.50. The fourth-order valence-corrected chi connectivity index (χ4v) is 1.42. The lowest BCUT2D eigenvalue weighted by Gasteiger charge is -2.23. The van der Waals surface area contributed by atoms with Gasteiger partial charge in [-0.25, -0.2) is 4.39 Å². The Morgan fingerprint density at radius 1 is 1.36 bits per heavy atom. The van der Waals surface area contributed by atoms with Crippen molar-refractivity contribution in [2.24, 2.45) is 0 Å². The number of halogens is 1. The molecule has 1 saturated heterocycles. The lowest BCUT2D eigenvalue weighted by Crippen LogP contribution is -2.39. The van der Waals surface area contributed by atoms with Gasteiger partial charge in [0, 0.05) is 0 Å². The van der Waals surface area contributed by atoms with Crippen LogP contribution < -0.4 is 5.32 Å². The van der Waals surface area contributed by atoms with Gasteiger partial charge in [0.05, 0.1) is 12.6 Å². The zero-order chi connectivity index (χ0) is 9.97. The molecule has 14 heavy (non-hydrogen) atoms. The van der Waals surface area contributed by atoms with E-state index in [-0.39, 0.29) is 24.4 Å². The van der Waals surface area contributed by atoms with Crippen molar-refractivity contribution in [2.75, 3.05) is 13.2 Å². The summed E-state index contributed by atoms with van der Waals surface area (Å²) < 4.78 is 17.7. The van der Waals surface area contributed by atoms with Gasteiger partial charge in [-0.3, -0.25) is 4.79 Å². The standard InChI is InChI=1S/C10H10FNO2/c11-8-3-1-7(2-4-8)9-5-14-6-10(13)12-9/h1-4,9H,5-6H2,(H,12,13)/t9-/m0/s1. The minimum Gasteiger partial charge on any atom is -0.369 e. The molecular weight excluding hydrogens is 185 g/mol. The van der Waals surface area contributed by atoms with Crippen LogP contribution in [0.2, 0.25) is 0 Å². The molecule has 1 aromatic rings. The first-order valence-electron chi connectivity index (χ1n) is 4.38. The van der Waals surface area contributed by atoms with E-state index in [1.807, 2.05) is 0 Å². The summed E-state index contributed by atoms with van der Waals surface area (Å²) in [6.07, 6.45) is 0. The van der Waals surface area contributed by atoms with Crippen LogP contribution >= 0.6 is 0 Å². The third kappa shape index (κ3) is 1.90. The lowest BCUT2D eigenvalue weighted by atomic mass is 10.1. The van der Waals surface area contributed by atoms with Crippen molar-refractivity contribution in [3.8, 4) is 0 Å². The molecule has 0 spiro atoms. The van der Waals surface area contributed by atoms with Crippen LogP contribution in [0, 0.1) is 5.82 Å². The predicted octanol–water partition coefficient (Wildman–Crippen LogP) is 1.01. The van der Waals surface area contributed by atoms with Crippen molar-refractivity contribution in [3.63, 3.8) is 0 Å². The van der Waals surface area contributed by atoms with Crippen LogP contribution in [-0.2, 0) is 9.53 Å². The molecule has 1 aromatic carbocycles. The Bertz CT molecular complexity index is 336. The van der Waals surface area contributed by atoms with E-state index in [4.69, 9.17) is 4.74 Å². The number of hydrogen-bond donors (Lipinski definition) is 1. The summed E-state index contributed by atoms with van der Waals surface area (Å²) >= 11 is 0. The third-order valence-electron chi connectivity index (χ3n) is 2.13. The van der Waals surface area contributed by atoms with Crippen LogP contribution in [0.3, 0.4) is 0 Å². The van der Waals surface area contributed by atoms with Crippen molar-refractivity contribution in [1.82, 2.24) is 5.32 Å². The SMILES string of the molecule is O=C1COC[C@@H](c2ccc(F)cc2)N1. The van der Waals surface area contributed by atoms with E-state index in [9.17, 15) is 9.18 Å². The first kappa shape index (κ1) is 9.15. The van der Waals surface area contributed by atoms with E-state index < -0.39 is 0 Å². The monoisotopic (exact) mass is 195 g/mol. The van der Waals surface area contributed by atoms with Crippen LogP contribution in [0.25, 0.3) is 0 Å². The maximum absolute atomic E-state index is 12.6. The molecule has 1 atom stereocenters. The average Bonchev–Trinajstić information content (AvgIpc) is 2.19. The van der Waals surface area contributed by atoms with E-state index in [0.717, 1.165) is 5.56 Å². The molecular formula is C10H10FNO2. The molecule has 1 heterocycles. The molecule has 3 nitrogen and oxygen atoms in total. The molecule has 1 N–H and O–H groups in total. The molecule has 2 rings (SSSR count). The Morgan fingerprint density at radius 2 is 2.07 bits per heavy atom. The van der Waals surface area contributed by atoms with E-state index in [0.29, 0.717) is 6.61 Å². The molecule has 1 aliphatic rings. The Kier molecular flexibility index (Phi) is 2.45. The van der Waals surface area contributed by atoms with Crippen LogP contribution in [0.1, 0.15) is 11.6 Å². The highest BCUT2D eigenvalue weighted by atomic mass is 19.1. The quantitative estimate of drug-likeness (QED) is 0.726. The fourth-order valence-electron chi connectivity index (χ4n) is 1.42. The first-order chi connectivity index (χ1) is 6.75. The number of nitrogens with one attached hydrogen (secondary N) is 1. The number of morpholine rings is 1. The van der Waals surface area contributed by atoms with Gasteiger partial charge < -0.3 is 10.1 Å². The van der Waals surface area contributed by atoms with E-state index in [2.05, 4.69) is 5.32 Å².